The molecular weight excluding hydrogens is 201 g/mol. The molecule has 14 heavy (non-hydrogen) atoms. The van der Waals surface area contributed by atoms with Gasteiger partial charge >= 0.3 is 20.4 Å². The zero-order valence-corrected chi connectivity index (χ0v) is 10.8. The monoisotopic (exact) mass is 216 g/mol. The highest BCUT2D eigenvalue weighted by molar-refractivity contribution is 7.80. The molecule has 0 bridgehead atoms. The molecule has 0 nitrogen and oxygen atoms in total. The van der Waals surface area contributed by atoms with Crippen molar-refractivity contribution in [1.29, 1.82) is 0 Å². The average Bonchev–Trinajstić information content (AvgIpc) is 2.21. The van der Waals surface area contributed by atoms with Gasteiger partial charge in [-0.15, -0.1) is 47.0 Å². The van der Waals surface area contributed by atoms with Crippen LogP contribution in [0.15, 0.2) is 60.5 Å². The number of allylic oxidation sites excluding steroid dienone is 2. The van der Waals surface area contributed by atoms with Crippen LogP contribution in [0.1, 0.15) is 0 Å². The SMILES string of the molecule is C=C[CH2][Mg][CH2]C=C.Sc1ccccc1. The maximum Gasteiger partial charge on any atom is 0.375 e. The summed E-state index contributed by atoms with van der Waals surface area (Å²) in [5.41, 5.74) is 0. The molecule has 0 radical (unpaired) electrons. The van der Waals surface area contributed by atoms with Gasteiger partial charge in [0.25, 0.3) is 0 Å². The smallest absolute Gasteiger partial charge is 0.143 e. The molecule has 1 aromatic rings. The molecule has 0 fully saturated rings. The fraction of sp³-hybridized carbons (Fsp3) is 0.167. The van der Waals surface area contributed by atoms with Crippen LogP contribution in [0.5, 0.6) is 0 Å². The first-order chi connectivity index (χ1) is 6.81. The van der Waals surface area contributed by atoms with Crippen molar-refractivity contribution in [2.24, 2.45) is 0 Å². The van der Waals surface area contributed by atoms with Crippen LogP contribution >= 0.6 is 12.6 Å². The van der Waals surface area contributed by atoms with Gasteiger partial charge in [-0.3, -0.25) is 0 Å². The van der Waals surface area contributed by atoms with Crippen molar-refractivity contribution in [2.45, 2.75) is 14.0 Å². The van der Waals surface area contributed by atoms with Gasteiger partial charge in [0.1, 0.15) is 0 Å². The highest BCUT2D eigenvalue weighted by Crippen LogP contribution is 2.00. The molecule has 0 heterocycles. The molecular formula is C12H16MgS. The summed E-state index contributed by atoms with van der Waals surface area (Å²) in [4.78, 5) is 1.02. The van der Waals surface area contributed by atoms with Gasteiger partial charge in [0.15, 0.2) is 0 Å². The van der Waals surface area contributed by atoms with Crippen LogP contribution in [0.4, 0.5) is 0 Å². The van der Waals surface area contributed by atoms with Gasteiger partial charge in [-0.1, -0.05) is 18.2 Å². The molecule has 0 unspecified atom stereocenters. The molecule has 2 heteroatoms. The summed E-state index contributed by atoms with van der Waals surface area (Å²) in [6.07, 6.45) is 3.99. The summed E-state index contributed by atoms with van der Waals surface area (Å²) in [5, 5.41) is 0. The zero-order valence-electron chi connectivity index (χ0n) is 8.52. The van der Waals surface area contributed by atoms with Gasteiger partial charge in [-0.05, 0) is 12.1 Å². The van der Waals surface area contributed by atoms with Crippen LogP contribution in [0, 0.1) is 0 Å². The van der Waals surface area contributed by atoms with Crippen molar-refractivity contribution in [3.05, 3.63) is 55.6 Å². The van der Waals surface area contributed by atoms with Crippen LogP contribution in [0.2, 0.25) is 9.10 Å². The van der Waals surface area contributed by atoms with Crippen molar-refractivity contribution >= 4 is 33.0 Å². The Kier molecular flexibility index (Phi) is 10.8. The molecule has 0 amide bonds. The third-order valence-electron chi connectivity index (χ3n) is 1.57. The van der Waals surface area contributed by atoms with Gasteiger partial charge in [-0.25, -0.2) is 0 Å². The first-order valence-corrected chi connectivity index (χ1v) is 7.21. The van der Waals surface area contributed by atoms with E-state index in [2.05, 4.69) is 25.8 Å². The molecule has 0 aliphatic heterocycles. The summed E-state index contributed by atoms with van der Waals surface area (Å²) >= 11 is 4.26. The lowest BCUT2D eigenvalue weighted by Crippen LogP contribution is -1.79. The van der Waals surface area contributed by atoms with E-state index >= 15 is 0 Å². The molecule has 0 aromatic heterocycles. The Labute approximate surface area is 102 Å². The number of hydrogen-bond donors (Lipinski definition) is 1. The van der Waals surface area contributed by atoms with Gasteiger partial charge in [0, 0.05) is 4.90 Å². The zero-order chi connectivity index (χ0) is 10.6. The maximum absolute atomic E-state index is 4.08. The first-order valence-electron chi connectivity index (χ1n) is 4.77. The Morgan fingerprint density at radius 2 is 1.57 bits per heavy atom. The Bertz CT molecular complexity index is 236. The largest absolute Gasteiger partial charge is 0.375 e. The van der Waals surface area contributed by atoms with Crippen LogP contribution in [-0.4, -0.2) is 20.4 Å². The quantitative estimate of drug-likeness (QED) is 0.336. The number of thiol groups is 1. The predicted molar refractivity (Wildman–Crippen MR) is 69.5 cm³/mol. The Morgan fingerprint density at radius 1 is 1.07 bits per heavy atom. The number of rotatable bonds is 4. The molecule has 72 valence electrons. The maximum atomic E-state index is 4.08. The summed E-state index contributed by atoms with van der Waals surface area (Å²) in [5.74, 6) is 0. The van der Waals surface area contributed by atoms with Gasteiger partial charge in [0.2, 0.25) is 0 Å². The van der Waals surface area contributed by atoms with Crippen molar-refractivity contribution in [2.75, 3.05) is 0 Å². The van der Waals surface area contributed by atoms with Crippen molar-refractivity contribution in [3.63, 3.8) is 0 Å². The first kappa shape index (κ1) is 13.8. The van der Waals surface area contributed by atoms with E-state index in [-0.39, 0.29) is 20.4 Å². The highest BCUT2D eigenvalue weighted by atomic mass is 32.1. The average molecular weight is 217 g/mol. The van der Waals surface area contributed by atoms with E-state index in [9.17, 15) is 0 Å². The van der Waals surface area contributed by atoms with E-state index < -0.39 is 0 Å². The molecule has 0 saturated carbocycles. The van der Waals surface area contributed by atoms with E-state index in [1.54, 1.807) is 0 Å². The molecule has 0 atom stereocenters. The second-order valence-corrected chi connectivity index (χ2v) is 5.22. The number of benzene rings is 1. The molecule has 0 saturated heterocycles. The van der Waals surface area contributed by atoms with Crippen LogP contribution < -0.4 is 0 Å². The summed E-state index contributed by atoms with van der Waals surface area (Å²) in [7, 11) is 0. The van der Waals surface area contributed by atoms with Crippen molar-refractivity contribution in [1.82, 2.24) is 0 Å². The predicted octanol–water partition coefficient (Wildman–Crippen LogP) is 3.87. The minimum absolute atomic E-state index is 0.175. The van der Waals surface area contributed by atoms with Gasteiger partial charge in [0.05, 0.1) is 0 Å². The molecule has 1 aromatic carbocycles. The Balaban J connectivity index is 0.000000241. The minimum atomic E-state index is 0.175. The minimum Gasteiger partial charge on any atom is -0.143 e. The van der Waals surface area contributed by atoms with Gasteiger partial charge < -0.3 is 0 Å². The lowest BCUT2D eigenvalue weighted by atomic mass is 10.4. The summed E-state index contributed by atoms with van der Waals surface area (Å²) in [6.45, 7) is 7.27. The normalized spacial score (nSPS) is 7.79. The van der Waals surface area contributed by atoms with Crippen LogP contribution in [0.25, 0.3) is 0 Å². The summed E-state index contributed by atoms with van der Waals surface area (Å²) < 4.78 is 2.51. The van der Waals surface area contributed by atoms with E-state index in [1.165, 1.54) is 9.10 Å². The van der Waals surface area contributed by atoms with E-state index in [1.807, 2.05) is 42.5 Å². The van der Waals surface area contributed by atoms with Crippen LogP contribution in [-0.2, 0) is 0 Å². The van der Waals surface area contributed by atoms with Crippen LogP contribution in [0.3, 0.4) is 0 Å². The second-order valence-electron chi connectivity index (χ2n) is 2.84. The van der Waals surface area contributed by atoms with E-state index in [4.69, 9.17) is 0 Å². The lowest BCUT2D eigenvalue weighted by Gasteiger charge is -1.81. The van der Waals surface area contributed by atoms with Gasteiger partial charge in [-0.2, -0.15) is 0 Å². The Morgan fingerprint density at radius 3 is 1.86 bits per heavy atom. The van der Waals surface area contributed by atoms with E-state index in [0.717, 1.165) is 4.90 Å². The van der Waals surface area contributed by atoms with Crippen molar-refractivity contribution < 1.29 is 0 Å². The second kappa shape index (κ2) is 10.9. The van der Waals surface area contributed by atoms with E-state index in [0.29, 0.717) is 0 Å². The fourth-order valence-corrected chi connectivity index (χ4v) is 1.82. The molecule has 0 aliphatic rings. The lowest BCUT2D eigenvalue weighted by molar-refractivity contribution is 1.48. The Hall–Kier alpha value is -0.184. The topological polar surface area (TPSA) is 0 Å². The standard InChI is InChI=1S/C6H6S.2C3H5.Mg/c7-6-4-2-1-3-5-6;2*1-3-2;/h1-5,7H;2*3H,1-2H2;. The molecule has 0 spiro atoms. The third kappa shape index (κ3) is 9.90. The summed E-state index contributed by atoms with van der Waals surface area (Å²) in [6, 6.07) is 9.79. The molecule has 1 rings (SSSR count). The molecule has 0 N–H and O–H groups in total. The molecule has 0 aliphatic carbocycles. The number of hydrogen-bond acceptors (Lipinski definition) is 1. The highest BCUT2D eigenvalue weighted by Gasteiger charge is 1.84. The third-order valence-corrected chi connectivity index (χ3v) is 3.50. The van der Waals surface area contributed by atoms with Crippen molar-refractivity contribution in [3.8, 4) is 0 Å². The fourth-order valence-electron chi connectivity index (χ4n) is 0.835.